The van der Waals surface area contributed by atoms with Gasteiger partial charge in [-0.05, 0) is 29.8 Å². The van der Waals surface area contributed by atoms with Crippen LogP contribution in [0.4, 0.5) is 0 Å². The molecule has 1 unspecified atom stereocenters. The Morgan fingerprint density at radius 3 is 2.36 bits per heavy atom. The number of alkyl halides is 1. The fraction of sp³-hybridized carbons (Fsp3) is 0.0909. The van der Waals surface area contributed by atoms with Crippen molar-refractivity contribution in [2.45, 2.75) is 4.83 Å². The number of hydrogen-bond acceptors (Lipinski definition) is 1. The highest BCUT2D eigenvalue weighted by molar-refractivity contribution is 9.10. The van der Waals surface area contributed by atoms with E-state index in [1.807, 2.05) is 24.3 Å². The van der Waals surface area contributed by atoms with Crippen molar-refractivity contribution < 1.29 is 4.42 Å². The first-order chi connectivity index (χ1) is 6.77. The van der Waals surface area contributed by atoms with Gasteiger partial charge in [-0.1, -0.05) is 44.0 Å². The normalized spacial score (nSPS) is 12.7. The van der Waals surface area contributed by atoms with Crippen molar-refractivity contribution >= 4 is 31.9 Å². The summed E-state index contributed by atoms with van der Waals surface area (Å²) in [6, 6.07) is 12.0. The van der Waals surface area contributed by atoms with E-state index in [1.54, 1.807) is 6.26 Å². The third-order valence-electron chi connectivity index (χ3n) is 1.96. The molecule has 2 rings (SSSR count). The van der Waals surface area contributed by atoms with E-state index >= 15 is 0 Å². The molecule has 0 aliphatic carbocycles. The molecule has 0 saturated heterocycles. The van der Waals surface area contributed by atoms with Crippen LogP contribution in [0.15, 0.2) is 51.6 Å². The van der Waals surface area contributed by atoms with Crippen LogP contribution in [0.2, 0.25) is 0 Å². The Hall–Kier alpha value is -0.540. The molecule has 1 atom stereocenters. The lowest BCUT2D eigenvalue weighted by Gasteiger charge is -2.06. The average Bonchev–Trinajstić information content (AvgIpc) is 2.71. The molecule has 0 aliphatic heterocycles. The molecule has 0 fully saturated rings. The van der Waals surface area contributed by atoms with Gasteiger partial charge in [-0.15, -0.1) is 0 Å². The molecular weight excluding hydrogens is 308 g/mol. The Morgan fingerprint density at radius 1 is 1.07 bits per heavy atom. The number of halogens is 2. The molecule has 0 N–H and O–H groups in total. The maximum Gasteiger partial charge on any atom is 0.121 e. The molecule has 0 amide bonds. The second kappa shape index (κ2) is 4.32. The topological polar surface area (TPSA) is 13.1 Å². The summed E-state index contributed by atoms with van der Waals surface area (Å²) in [5, 5.41) is 0. The monoisotopic (exact) mass is 314 g/mol. The molecule has 1 nitrogen and oxygen atoms in total. The number of benzene rings is 1. The molecule has 0 bridgehead atoms. The van der Waals surface area contributed by atoms with Gasteiger partial charge in [0.25, 0.3) is 0 Å². The number of hydrogen-bond donors (Lipinski definition) is 0. The first-order valence-corrected chi connectivity index (χ1v) is 5.91. The maximum atomic E-state index is 5.32. The van der Waals surface area contributed by atoms with Gasteiger partial charge < -0.3 is 4.42 Å². The van der Waals surface area contributed by atoms with Gasteiger partial charge in [0.05, 0.1) is 11.1 Å². The third kappa shape index (κ3) is 2.10. The predicted octanol–water partition coefficient (Wildman–Crippen LogP) is 4.53. The van der Waals surface area contributed by atoms with Crippen LogP contribution in [0.25, 0.3) is 0 Å². The van der Waals surface area contributed by atoms with Crippen LogP contribution >= 0.6 is 31.9 Å². The van der Waals surface area contributed by atoms with E-state index in [2.05, 4.69) is 44.0 Å². The molecule has 1 aromatic carbocycles. The van der Waals surface area contributed by atoms with E-state index in [9.17, 15) is 0 Å². The number of furan rings is 1. The molecule has 72 valence electrons. The summed E-state index contributed by atoms with van der Waals surface area (Å²) in [6.45, 7) is 0. The van der Waals surface area contributed by atoms with Gasteiger partial charge in [0.1, 0.15) is 5.76 Å². The Labute approximate surface area is 99.4 Å². The smallest absolute Gasteiger partial charge is 0.121 e. The SMILES string of the molecule is Brc1ccc(C(Br)c2ccco2)cc1. The Kier molecular flexibility index (Phi) is 3.08. The average molecular weight is 316 g/mol. The van der Waals surface area contributed by atoms with Crippen molar-refractivity contribution in [3.05, 3.63) is 58.5 Å². The van der Waals surface area contributed by atoms with Crippen molar-refractivity contribution in [1.29, 1.82) is 0 Å². The van der Waals surface area contributed by atoms with Crippen LogP contribution in [0.3, 0.4) is 0 Å². The van der Waals surface area contributed by atoms with E-state index in [1.165, 1.54) is 5.56 Å². The zero-order chi connectivity index (χ0) is 9.97. The fourth-order valence-electron chi connectivity index (χ4n) is 1.23. The van der Waals surface area contributed by atoms with E-state index < -0.39 is 0 Å². The molecule has 0 spiro atoms. The fourth-order valence-corrected chi connectivity index (χ4v) is 2.06. The van der Waals surface area contributed by atoms with E-state index in [0.717, 1.165) is 10.2 Å². The van der Waals surface area contributed by atoms with Gasteiger partial charge in [0, 0.05) is 4.47 Å². The summed E-state index contributed by atoms with van der Waals surface area (Å²) in [5.74, 6) is 0.923. The van der Waals surface area contributed by atoms with E-state index in [0.29, 0.717) is 0 Å². The highest BCUT2D eigenvalue weighted by atomic mass is 79.9. The summed E-state index contributed by atoms with van der Waals surface area (Å²) < 4.78 is 6.41. The lowest BCUT2D eigenvalue weighted by atomic mass is 10.1. The highest BCUT2D eigenvalue weighted by Crippen LogP contribution is 2.31. The number of rotatable bonds is 2. The molecule has 1 heterocycles. The van der Waals surface area contributed by atoms with Crippen LogP contribution in [0.1, 0.15) is 16.2 Å². The van der Waals surface area contributed by atoms with E-state index in [4.69, 9.17) is 4.42 Å². The minimum atomic E-state index is 0.130. The second-order valence-electron chi connectivity index (χ2n) is 2.93. The standard InChI is InChI=1S/C11H8Br2O/c12-9-5-3-8(4-6-9)11(13)10-2-1-7-14-10/h1-7,11H. The summed E-state index contributed by atoms with van der Waals surface area (Å²) >= 11 is 6.99. The molecule has 1 aromatic heterocycles. The molecule has 14 heavy (non-hydrogen) atoms. The van der Waals surface area contributed by atoms with Crippen molar-refractivity contribution in [3.8, 4) is 0 Å². The molecular formula is C11H8Br2O. The van der Waals surface area contributed by atoms with Gasteiger partial charge in [0.15, 0.2) is 0 Å². The first-order valence-electron chi connectivity index (χ1n) is 4.20. The Morgan fingerprint density at radius 2 is 1.79 bits per heavy atom. The molecule has 2 aromatic rings. The largest absolute Gasteiger partial charge is 0.468 e. The van der Waals surface area contributed by atoms with Crippen LogP contribution in [-0.4, -0.2) is 0 Å². The van der Waals surface area contributed by atoms with E-state index in [-0.39, 0.29) is 4.83 Å². The van der Waals surface area contributed by atoms with Crippen LogP contribution in [-0.2, 0) is 0 Å². The van der Waals surface area contributed by atoms with Gasteiger partial charge in [0.2, 0.25) is 0 Å². The lowest BCUT2D eigenvalue weighted by molar-refractivity contribution is 0.519. The lowest BCUT2D eigenvalue weighted by Crippen LogP contribution is -1.89. The second-order valence-corrected chi connectivity index (χ2v) is 4.76. The minimum absolute atomic E-state index is 0.130. The predicted molar refractivity (Wildman–Crippen MR) is 63.6 cm³/mol. The maximum absolute atomic E-state index is 5.32. The molecule has 0 saturated carbocycles. The summed E-state index contributed by atoms with van der Waals surface area (Å²) in [6.07, 6.45) is 1.68. The van der Waals surface area contributed by atoms with Crippen molar-refractivity contribution in [2.75, 3.05) is 0 Å². The molecule has 0 radical (unpaired) electrons. The Bertz CT molecular complexity index is 392. The quantitative estimate of drug-likeness (QED) is 0.742. The van der Waals surface area contributed by atoms with Gasteiger partial charge >= 0.3 is 0 Å². The summed E-state index contributed by atoms with van der Waals surface area (Å²) in [5.41, 5.74) is 1.18. The zero-order valence-corrected chi connectivity index (χ0v) is 10.5. The van der Waals surface area contributed by atoms with Gasteiger partial charge in [-0.3, -0.25) is 0 Å². The zero-order valence-electron chi connectivity index (χ0n) is 7.28. The van der Waals surface area contributed by atoms with Crippen molar-refractivity contribution in [2.24, 2.45) is 0 Å². The van der Waals surface area contributed by atoms with Crippen molar-refractivity contribution in [3.63, 3.8) is 0 Å². The van der Waals surface area contributed by atoms with Gasteiger partial charge in [-0.25, -0.2) is 0 Å². The van der Waals surface area contributed by atoms with Crippen LogP contribution in [0, 0.1) is 0 Å². The summed E-state index contributed by atoms with van der Waals surface area (Å²) in [7, 11) is 0. The highest BCUT2D eigenvalue weighted by Gasteiger charge is 2.11. The third-order valence-corrected chi connectivity index (χ3v) is 3.46. The van der Waals surface area contributed by atoms with Crippen molar-refractivity contribution in [1.82, 2.24) is 0 Å². The molecule has 3 heteroatoms. The van der Waals surface area contributed by atoms with Crippen LogP contribution in [0.5, 0.6) is 0 Å². The van der Waals surface area contributed by atoms with Gasteiger partial charge in [-0.2, -0.15) is 0 Å². The minimum Gasteiger partial charge on any atom is -0.468 e. The van der Waals surface area contributed by atoms with Crippen LogP contribution < -0.4 is 0 Å². The Balaban J connectivity index is 2.28. The first kappa shape index (κ1) is 9.99. The molecule has 0 aliphatic rings. The summed E-state index contributed by atoms with van der Waals surface area (Å²) in [4.78, 5) is 0.130.